The Morgan fingerprint density at radius 2 is 2.12 bits per heavy atom. The van der Waals surface area contributed by atoms with Crippen molar-refractivity contribution in [3.63, 3.8) is 0 Å². The number of halogens is 1. The number of rotatable bonds is 6. The molecule has 0 spiro atoms. The fraction of sp³-hybridized carbons (Fsp3) is 0.571. The largest absolute Gasteiger partial charge is 0.493 e. The summed E-state index contributed by atoms with van der Waals surface area (Å²) in [6.45, 7) is 1.63. The summed E-state index contributed by atoms with van der Waals surface area (Å²) in [5.74, 6) is 0.373. The first-order valence-corrected chi connectivity index (χ1v) is 6.46. The maximum atomic E-state index is 12.9. The van der Waals surface area contributed by atoms with Crippen LogP contribution in [0.5, 0.6) is 5.75 Å². The minimum Gasteiger partial charge on any atom is -0.493 e. The van der Waals surface area contributed by atoms with Crippen LogP contribution in [0, 0.1) is 5.82 Å². The Morgan fingerprint density at radius 1 is 1.29 bits per heavy atom. The summed E-state index contributed by atoms with van der Waals surface area (Å²) in [6.07, 6.45) is 6.30. The van der Waals surface area contributed by atoms with Gasteiger partial charge in [0.25, 0.3) is 0 Å². The summed E-state index contributed by atoms with van der Waals surface area (Å²) in [5, 5.41) is 3.53. The van der Waals surface area contributed by atoms with Gasteiger partial charge in [-0.15, -0.1) is 0 Å². The van der Waals surface area contributed by atoms with Gasteiger partial charge in [-0.05, 0) is 37.9 Å². The van der Waals surface area contributed by atoms with E-state index in [0.29, 0.717) is 18.4 Å². The number of benzene rings is 1. The van der Waals surface area contributed by atoms with E-state index in [1.165, 1.54) is 37.8 Å². The van der Waals surface area contributed by atoms with E-state index in [9.17, 15) is 4.39 Å². The smallest absolute Gasteiger partial charge is 0.126 e. The van der Waals surface area contributed by atoms with Crippen LogP contribution in [0.4, 0.5) is 4.39 Å². The van der Waals surface area contributed by atoms with Crippen LogP contribution >= 0.6 is 0 Å². The molecule has 0 unspecified atom stereocenters. The standard InChI is InChI=1S/C14H20FNO/c15-12-5-3-8-14(11-12)17-10-4-9-16-13-6-1-2-7-13/h3,5,8,11,13,16H,1-2,4,6-7,9-10H2. The molecule has 0 atom stereocenters. The highest BCUT2D eigenvalue weighted by Gasteiger charge is 2.13. The highest BCUT2D eigenvalue weighted by Crippen LogP contribution is 2.17. The van der Waals surface area contributed by atoms with Crippen LogP contribution < -0.4 is 10.1 Å². The summed E-state index contributed by atoms with van der Waals surface area (Å²) >= 11 is 0. The lowest BCUT2D eigenvalue weighted by Gasteiger charge is -2.11. The normalized spacial score (nSPS) is 16.3. The lowest BCUT2D eigenvalue weighted by molar-refractivity contribution is 0.303. The second-order valence-electron chi connectivity index (χ2n) is 4.59. The van der Waals surface area contributed by atoms with E-state index in [-0.39, 0.29) is 5.82 Å². The Kier molecular flexibility index (Phi) is 4.80. The van der Waals surface area contributed by atoms with E-state index in [1.807, 2.05) is 0 Å². The van der Waals surface area contributed by atoms with Crippen molar-refractivity contribution in [2.24, 2.45) is 0 Å². The third-order valence-electron chi connectivity index (χ3n) is 3.17. The lowest BCUT2D eigenvalue weighted by atomic mass is 10.2. The van der Waals surface area contributed by atoms with Crippen molar-refractivity contribution in [1.29, 1.82) is 0 Å². The van der Waals surface area contributed by atoms with E-state index in [1.54, 1.807) is 12.1 Å². The minimum atomic E-state index is -0.244. The molecule has 0 radical (unpaired) electrons. The summed E-state index contributed by atoms with van der Waals surface area (Å²) in [4.78, 5) is 0. The van der Waals surface area contributed by atoms with Crippen molar-refractivity contribution >= 4 is 0 Å². The van der Waals surface area contributed by atoms with Gasteiger partial charge in [0.2, 0.25) is 0 Å². The third kappa shape index (κ3) is 4.35. The first kappa shape index (κ1) is 12.4. The first-order valence-electron chi connectivity index (χ1n) is 6.46. The van der Waals surface area contributed by atoms with Gasteiger partial charge >= 0.3 is 0 Å². The minimum absolute atomic E-state index is 0.244. The van der Waals surface area contributed by atoms with E-state index in [2.05, 4.69) is 5.32 Å². The van der Waals surface area contributed by atoms with Gasteiger partial charge in [0.15, 0.2) is 0 Å². The highest BCUT2D eigenvalue weighted by molar-refractivity contribution is 5.22. The maximum absolute atomic E-state index is 12.9. The van der Waals surface area contributed by atoms with Gasteiger partial charge in [-0.1, -0.05) is 18.9 Å². The van der Waals surface area contributed by atoms with Gasteiger partial charge < -0.3 is 10.1 Å². The lowest BCUT2D eigenvalue weighted by Crippen LogP contribution is -2.27. The molecule has 1 aliphatic rings. The number of hydrogen-bond acceptors (Lipinski definition) is 2. The molecular weight excluding hydrogens is 217 g/mol. The second-order valence-corrected chi connectivity index (χ2v) is 4.59. The van der Waals surface area contributed by atoms with Gasteiger partial charge in [-0.25, -0.2) is 4.39 Å². The van der Waals surface area contributed by atoms with Crippen molar-refractivity contribution in [3.05, 3.63) is 30.1 Å². The quantitative estimate of drug-likeness (QED) is 0.767. The molecule has 0 saturated heterocycles. The summed E-state index contributed by atoms with van der Waals surface area (Å²) < 4.78 is 18.3. The molecule has 3 heteroatoms. The van der Waals surface area contributed by atoms with Crippen LogP contribution in [0.25, 0.3) is 0 Å². The van der Waals surface area contributed by atoms with Gasteiger partial charge in [-0.3, -0.25) is 0 Å². The molecule has 1 aliphatic carbocycles. The predicted octanol–water partition coefficient (Wildman–Crippen LogP) is 3.13. The zero-order valence-electron chi connectivity index (χ0n) is 10.1. The molecule has 1 N–H and O–H groups in total. The van der Waals surface area contributed by atoms with Crippen LogP contribution in [0.2, 0.25) is 0 Å². The molecule has 2 nitrogen and oxygen atoms in total. The Hall–Kier alpha value is -1.09. The van der Waals surface area contributed by atoms with Crippen molar-refractivity contribution in [2.45, 2.75) is 38.1 Å². The van der Waals surface area contributed by atoms with Crippen molar-refractivity contribution in [1.82, 2.24) is 5.32 Å². The fourth-order valence-electron chi connectivity index (χ4n) is 2.26. The van der Waals surface area contributed by atoms with Crippen LogP contribution in [-0.2, 0) is 0 Å². The molecular formula is C14H20FNO. The highest BCUT2D eigenvalue weighted by atomic mass is 19.1. The number of nitrogens with one attached hydrogen (secondary N) is 1. The topological polar surface area (TPSA) is 21.3 Å². The zero-order chi connectivity index (χ0) is 11.9. The first-order chi connectivity index (χ1) is 8.34. The Bertz CT molecular complexity index is 337. The summed E-state index contributed by atoms with van der Waals surface area (Å²) in [7, 11) is 0. The molecule has 0 bridgehead atoms. The molecule has 0 aliphatic heterocycles. The maximum Gasteiger partial charge on any atom is 0.126 e. The summed E-state index contributed by atoms with van der Waals surface area (Å²) in [5.41, 5.74) is 0. The molecule has 0 amide bonds. The van der Waals surface area contributed by atoms with Crippen LogP contribution in [-0.4, -0.2) is 19.2 Å². The predicted molar refractivity (Wildman–Crippen MR) is 66.8 cm³/mol. The van der Waals surface area contributed by atoms with Gasteiger partial charge in [0.1, 0.15) is 11.6 Å². The molecule has 1 saturated carbocycles. The number of hydrogen-bond donors (Lipinski definition) is 1. The third-order valence-corrected chi connectivity index (χ3v) is 3.17. The van der Waals surface area contributed by atoms with Crippen molar-refractivity contribution in [3.8, 4) is 5.75 Å². The number of ether oxygens (including phenoxy) is 1. The van der Waals surface area contributed by atoms with E-state index in [0.717, 1.165) is 13.0 Å². The average Bonchev–Trinajstić information content (AvgIpc) is 2.82. The second kappa shape index (κ2) is 6.60. The Balaban J connectivity index is 1.56. The van der Waals surface area contributed by atoms with Crippen LogP contribution in [0.3, 0.4) is 0 Å². The van der Waals surface area contributed by atoms with E-state index < -0.39 is 0 Å². The van der Waals surface area contributed by atoms with Gasteiger partial charge in [-0.2, -0.15) is 0 Å². The SMILES string of the molecule is Fc1cccc(OCCCNC2CCCC2)c1. The van der Waals surface area contributed by atoms with Crippen LogP contribution in [0.1, 0.15) is 32.1 Å². The molecule has 17 heavy (non-hydrogen) atoms. The van der Waals surface area contributed by atoms with Gasteiger partial charge in [0, 0.05) is 12.1 Å². The molecule has 94 valence electrons. The average molecular weight is 237 g/mol. The monoisotopic (exact) mass is 237 g/mol. The van der Waals surface area contributed by atoms with Gasteiger partial charge in [0.05, 0.1) is 6.61 Å². The van der Waals surface area contributed by atoms with Crippen LogP contribution in [0.15, 0.2) is 24.3 Å². The molecule has 0 aromatic heterocycles. The molecule has 1 fully saturated rings. The Morgan fingerprint density at radius 3 is 2.88 bits per heavy atom. The molecule has 2 rings (SSSR count). The molecule has 1 aromatic rings. The zero-order valence-corrected chi connectivity index (χ0v) is 10.1. The molecule has 0 heterocycles. The summed E-state index contributed by atoms with van der Waals surface area (Å²) in [6, 6.07) is 7.01. The van der Waals surface area contributed by atoms with Crippen molar-refractivity contribution in [2.75, 3.05) is 13.2 Å². The van der Waals surface area contributed by atoms with E-state index >= 15 is 0 Å². The molecule has 1 aromatic carbocycles. The Labute approximate surface area is 102 Å². The fourth-order valence-corrected chi connectivity index (χ4v) is 2.26. The van der Waals surface area contributed by atoms with E-state index in [4.69, 9.17) is 4.74 Å². The van der Waals surface area contributed by atoms with Crippen molar-refractivity contribution < 1.29 is 9.13 Å².